The largest absolute Gasteiger partial charge is 0.378 e. The summed E-state index contributed by atoms with van der Waals surface area (Å²) in [6.07, 6.45) is 4.77. The number of likely N-dealkylation sites (tertiary alicyclic amines) is 1. The molecule has 0 N–H and O–H groups in total. The van der Waals surface area contributed by atoms with Gasteiger partial charge in [-0.05, 0) is 37.1 Å². The van der Waals surface area contributed by atoms with Crippen molar-refractivity contribution in [2.24, 2.45) is 5.92 Å². The highest BCUT2D eigenvalue weighted by Crippen LogP contribution is 2.21. The SMILES string of the molecule is O=C(c1ccc(-n2cncn2)cc1)N1CCCC(C(=O)N2CCOCC2)C1. The van der Waals surface area contributed by atoms with E-state index >= 15 is 0 Å². The summed E-state index contributed by atoms with van der Waals surface area (Å²) in [6, 6.07) is 7.30. The second kappa shape index (κ2) is 7.87. The number of benzene rings is 1. The van der Waals surface area contributed by atoms with E-state index < -0.39 is 0 Å². The minimum Gasteiger partial charge on any atom is -0.378 e. The molecule has 8 nitrogen and oxygen atoms in total. The van der Waals surface area contributed by atoms with Crippen molar-refractivity contribution in [3.05, 3.63) is 42.5 Å². The first-order valence-electron chi connectivity index (χ1n) is 9.33. The van der Waals surface area contributed by atoms with Gasteiger partial charge >= 0.3 is 0 Å². The van der Waals surface area contributed by atoms with Gasteiger partial charge in [0.2, 0.25) is 5.91 Å². The lowest BCUT2D eigenvalue weighted by Gasteiger charge is -2.36. The van der Waals surface area contributed by atoms with Gasteiger partial charge in [-0.1, -0.05) is 0 Å². The predicted molar refractivity (Wildman–Crippen MR) is 97.4 cm³/mol. The van der Waals surface area contributed by atoms with Gasteiger partial charge in [0, 0.05) is 31.7 Å². The Morgan fingerprint density at radius 1 is 1.04 bits per heavy atom. The molecule has 0 bridgehead atoms. The van der Waals surface area contributed by atoms with Gasteiger partial charge in [-0.25, -0.2) is 9.67 Å². The molecule has 4 rings (SSSR count). The van der Waals surface area contributed by atoms with Crippen molar-refractivity contribution in [3.8, 4) is 5.69 Å². The number of piperidine rings is 1. The van der Waals surface area contributed by atoms with Crippen molar-refractivity contribution in [1.29, 1.82) is 0 Å². The Balaban J connectivity index is 1.41. The van der Waals surface area contributed by atoms with E-state index in [1.807, 2.05) is 17.0 Å². The predicted octanol–water partition coefficient (Wildman–Crippen LogP) is 0.978. The third-order valence-corrected chi connectivity index (χ3v) is 5.18. The first-order chi connectivity index (χ1) is 13.2. The Kier molecular flexibility index (Phi) is 5.15. The fourth-order valence-corrected chi connectivity index (χ4v) is 3.69. The van der Waals surface area contributed by atoms with Gasteiger partial charge in [0.05, 0.1) is 24.8 Å². The third kappa shape index (κ3) is 3.85. The Morgan fingerprint density at radius 3 is 2.52 bits per heavy atom. The Morgan fingerprint density at radius 2 is 1.81 bits per heavy atom. The van der Waals surface area contributed by atoms with Crippen molar-refractivity contribution in [1.82, 2.24) is 24.6 Å². The number of hydrogen-bond acceptors (Lipinski definition) is 5. The van der Waals surface area contributed by atoms with Crippen LogP contribution in [-0.2, 0) is 9.53 Å². The molecule has 27 heavy (non-hydrogen) atoms. The fourth-order valence-electron chi connectivity index (χ4n) is 3.69. The Bertz CT molecular complexity index is 784. The molecule has 2 aromatic rings. The minimum absolute atomic E-state index is 0.0281. The number of morpholine rings is 1. The van der Waals surface area contributed by atoms with Crippen LogP contribution in [0, 0.1) is 5.92 Å². The molecule has 0 saturated carbocycles. The van der Waals surface area contributed by atoms with Crippen LogP contribution in [0.5, 0.6) is 0 Å². The first-order valence-corrected chi connectivity index (χ1v) is 9.33. The number of nitrogens with zero attached hydrogens (tertiary/aromatic N) is 5. The molecule has 2 aliphatic rings. The van der Waals surface area contributed by atoms with Crippen molar-refractivity contribution < 1.29 is 14.3 Å². The monoisotopic (exact) mass is 369 g/mol. The zero-order valence-corrected chi connectivity index (χ0v) is 15.2. The summed E-state index contributed by atoms with van der Waals surface area (Å²) in [5.41, 5.74) is 1.47. The average molecular weight is 369 g/mol. The molecule has 0 aliphatic carbocycles. The molecular weight excluding hydrogens is 346 g/mol. The summed E-state index contributed by atoms with van der Waals surface area (Å²) < 4.78 is 6.97. The molecule has 8 heteroatoms. The second-order valence-electron chi connectivity index (χ2n) is 6.91. The van der Waals surface area contributed by atoms with Crippen LogP contribution in [0.4, 0.5) is 0 Å². The summed E-state index contributed by atoms with van der Waals surface area (Å²) in [5, 5.41) is 4.08. The summed E-state index contributed by atoms with van der Waals surface area (Å²) in [5.74, 6) is 0.00664. The molecule has 1 unspecified atom stereocenters. The van der Waals surface area contributed by atoms with Gasteiger partial charge in [-0.2, -0.15) is 5.10 Å². The molecular formula is C19H23N5O3. The lowest BCUT2D eigenvalue weighted by atomic mass is 9.95. The molecule has 1 aromatic heterocycles. The highest BCUT2D eigenvalue weighted by atomic mass is 16.5. The molecule has 0 spiro atoms. The number of carbonyl (C=O) groups excluding carboxylic acids is 2. The van der Waals surface area contributed by atoms with Crippen LogP contribution in [-0.4, -0.2) is 75.8 Å². The van der Waals surface area contributed by atoms with Gasteiger partial charge in [0.25, 0.3) is 5.91 Å². The maximum atomic E-state index is 12.9. The third-order valence-electron chi connectivity index (χ3n) is 5.18. The fraction of sp³-hybridized carbons (Fsp3) is 0.474. The van der Waals surface area contributed by atoms with Gasteiger partial charge < -0.3 is 14.5 Å². The number of hydrogen-bond donors (Lipinski definition) is 0. The second-order valence-corrected chi connectivity index (χ2v) is 6.91. The van der Waals surface area contributed by atoms with Crippen molar-refractivity contribution in [2.45, 2.75) is 12.8 Å². The Labute approximate surface area is 157 Å². The van der Waals surface area contributed by atoms with Crippen LogP contribution in [0.25, 0.3) is 5.69 Å². The summed E-state index contributed by atoms with van der Waals surface area (Å²) in [6.45, 7) is 3.66. The van der Waals surface area contributed by atoms with Crippen molar-refractivity contribution in [2.75, 3.05) is 39.4 Å². The molecule has 1 atom stereocenters. The zero-order valence-electron chi connectivity index (χ0n) is 15.2. The standard InChI is InChI=1S/C19H23N5O3/c25-18(15-3-5-17(6-4-15)24-14-20-13-21-24)23-7-1-2-16(12-23)19(26)22-8-10-27-11-9-22/h3-6,13-14,16H,1-2,7-12H2. The lowest BCUT2D eigenvalue weighted by molar-refractivity contribution is -0.141. The maximum absolute atomic E-state index is 12.9. The van der Waals surface area contributed by atoms with Crippen LogP contribution in [0.2, 0.25) is 0 Å². The van der Waals surface area contributed by atoms with Gasteiger partial charge in [0.1, 0.15) is 12.7 Å². The minimum atomic E-state index is -0.116. The van der Waals surface area contributed by atoms with E-state index in [0.29, 0.717) is 45.0 Å². The quantitative estimate of drug-likeness (QED) is 0.806. The molecule has 2 aliphatic heterocycles. The van der Waals surface area contributed by atoms with Crippen LogP contribution >= 0.6 is 0 Å². The molecule has 2 amide bonds. The van der Waals surface area contributed by atoms with Crippen LogP contribution in [0.3, 0.4) is 0 Å². The smallest absolute Gasteiger partial charge is 0.253 e. The van der Waals surface area contributed by atoms with Gasteiger partial charge in [0.15, 0.2) is 0 Å². The topological polar surface area (TPSA) is 80.6 Å². The summed E-state index contributed by atoms with van der Waals surface area (Å²) in [7, 11) is 0. The number of aromatic nitrogens is 3. The number of ether oxygens (including phenoxy) is 1. The lowest BCUT2D eigenvalue weighted by Crippen LogP contribution is -2.49. The first kappa shape index (κ1) is 17.7. The maximum Gasteiger partial charge on any atom is 0.253 e. The van der Waals surface area contributed by atoms with Crippen LogP contribution in [0.15, 0.2) is 36.9 Å². The number of carbonyl (C=O) groups is 2. The molecule has 0 radical (unpaired) electrons. The van der Waals surface area contributed by atoms with E-state index in [9.17, 15) is 9.59 Å². The normalized spacial score (nSPS) is 20.5. The zero-order chi connectivity index (χ0) is 18.6. The van der Waals surface area contributed by atoms with E-state index in [4.69, 9.17) is 4.74 Å². The highest BCUT2D eigenvalue weighted by molar-refractivity contribution is 5.95. The average Bonchev–Trinajstić information content (AvgIpc) is 3.28. The van der Waals surface area contributed by atoms with Gasteiger partial charge in [-0.15, -0.1) is 0 Å². The van der Waals surface area contributed by atoms with E-state index in [2.05, 4.69) is 10.1 Å². The van der Waals surface area contributed by atoms with Crippen molar-refractivity contribution >= 4 is 11.8 Å². The molecule has 142 valence electrons. The summed E-state index contributed by atoms with van der Waals surface area (Å²) >= 11 is 0. The van der Waals surface area contributed by atoms with Crippen LogP contribution < -0.4 is 0 Å². The van der Waals surface area contributed by atoms with E-state index in [1.54, 1.807) is 28.0 Å². The molecule has 1 aromatic carbocycles. The molecule has 2 fully saturated rings. The number of rotatable bonds is 3. The summed E-state index contributed by atoms with van der Waals surface area (Å²) in [4.78, 5) is 33.2. The molecule has 2 saturated heterocycles. The highest BCUT2D eigenvalue weighted by Gasteiger charge is 2.32. The van der Waals surface area contributed by atoms with Gasteiger partial charge in [-0.3, -0.25) is 9.59 Å². The number of amides is 2. The molecule has 3 heterocycles. The van der Waals surface area contributed by atoms with Crippen LogP contribution in [0.1, 0.15) is 23.2 Å². The Hall–Kier alpha value is -2.74. The van der Waals surface area contributed by atoms with E-state index in [1.165, 1.54) is 6.33 Å². The van der Waals surface area contributed by atoms with E-state index in [-0.39, 0.29) is 17.7 Å². The van der Waals surface area contributed by atoms with Crippen molar-refractivity contribution in [3.63, 3.8) is 0 Å². The van der Waals surface area contributed by atoms with E-state index in [0.717, 1.165) is 18.5 Å².